The number of ether oxygens (including phenoxy) is 1. The molecular weight excluding hydrogens is 342 g/mol. The van der Waals surface area contributed by atoms with Crippen LogP contribution < -0.4 is 10.5 Å². The SMILES string of the molecule is NC(=O)Cn1ccc2c(OC3CCN(Cc4ncccn4)CC3)cccc21. The molecule has 0 atom stereocenters. The maximum absolute atomic E-state index is 11.2. The van der Waals surface area contributed by atoms with E-state index in [-0.39, 0.29) is 18.6 Å². The Morgan fingerprint density at radius 2 is 1.93 bits per heavy atom. The third kappa shape index (κ3) is 4.09. The number of piperidine rings is 1. The lowest BCUT2D eigenvalue weighted by Crippen LogP contribution is -2.38. The number of likely N-dealkylation sites (tertiary alicyclic amines) is 1. The number of hydrogen-bond acceptors (Lipinski definition) is 5. The molecule has 2 aromatic heterocycles. The second-order valence-corrected chi connectivity index (χ2v) is 6.86. The third-order valence-electron chi connectivity index (χ3n) is 4.91. The van der Waals surface area contributed by atoms with E-state index < -0.39 is 0 Å². The van der Waals surface area contributed by atoms with Gasteiger partial charge in [0.05, 0.1) is 12.1 Å². The number of nitrogens with zero attached hydrogens (tertiary/aromatic N) is 4. The van der Waals surface area contributed by atoms with Gasteiger partial charge in [0, 0.05) is 37.1 Å². The van der Waals surface area contributed by atoms with Crippen molar-refractivity contribution in [1.29, 1.82) is 0 Å². The molecule has 0 unspecified atom stereocenters. The van der Waals surface area contributed by atoms with Crippen molar-refractivity contribution >= 4 is 16.8 Å². The van der Waals surface area contributed by atoms with Crippen LogP contribution in [-0.2, 0) is 17.9 Å². The van der Waals surface area contributed by atoms with Crippen molar-refractivity contribution in [2.75, 3.05) is 13.1 Å². The van der Waals surface area contributed by atoms with Gasteiger partial charge in [-0.15, -0.1) is 0 Å². The highest BCUT2D eigenvalue weighted by molar-refractivity contribution is 5.87. The second kappa shape index (κ2) is 7.75. The van der Waals surface area contributed by atoms with E-state index in [0.717, 1.165) is 55.0 Å². The largest absolute Gasteiger partial charge is 0.490 e. The van der Waals surface area contributed by atoms with Crippen molar-refractivity contribution < 1.29 is 9.53 Å². The molecule has 2 N–H and O–H groups in total. The topological polar surface area (TPSA) is 86.3 Å². The quantitative estimate of drug-likeness (QED) is 0.722. The average Bonchev–Trinajstić information content (AvgIpc) is 3.08. The standard InChI is InChI=1S/C20H23N5O2/c21-19(26)13-25-12-7-16-17(25)3-1-4-18(16)27-15-5-10-24(11-6-15)14-20-22-8-2-9-23-20/h1-4,7-9,12,15H,5-6,10-11,13-14H2,(H2,21,26). The molecule has 1 aliphatic heterocycles. The first-order valence-electron chi connectivity index (χ1n) is 9.20. The molecular formula is C20H23N5O2. The predicted molar refractivity (Wildman–Crippen MR) is 102 cm³/mol. The van der Waals surface area contributed by atoms with Crippen molar-refractivity contribution in [3.63, 3.8) is 0 Å². The third-order valence-corrected chi connectivity index (χ3v) is 4.91. The molecule has 4 rings (SSSR count). The van der Waals surface area contributed by atoms with Crippen LogP contribution in [0.1, 0.15) is 18.7 Å². The molecule has 140 valence electrons. The summed E-state index contributed by atoms with van der Waals surface area (Å²) in [7, 11) is 0. The van der Waals surface area contributed by atoms with Gasteiger partial charge in [-0.3, -0.25) is 9.69 Å². The molecule has 3 heterocycles. The number of rotatable bonds is 6. The van der Waals surface area contributed by atoms with E-state index in [4.69, 9.17) is 10.5 Å². The van der Waals surface area contributed by atoms with Gasteiger partial charge in [0.2, 0.25) is 5.91 Å². The summed E-state index contributed by atoms with van der Waals surface area (Å²) in [4.78, 5) is 22.2. The molecule has 1 amide bonds. The summed E-state index contributed by atoms with van der Waals surface area (Å²) in [5.74, 6) is 1.37. The van der Waals surface area contributed by atoms with Gasteiger partial charge in [0.15, 0.2) is 0 Å². The first-order chi connectivity index (χ1) is 13.2. The Kier molecular flexibility index (Phi) is 5.02. The number of aromatic nitrogens is 3. The zero-order valence-corrected chi connectivity index (χ0v) is 15.1. The normalized spacial score (nSPS) is 15.9. The van der Waals surface area contributed by atoms with Crippen molar-refractivity contribution in [1.82, 2.24) is 19.4 Å². The molecule has 7 nitrogen and oxygen atoms in total. The molecule has 0 saturated carbocycles. The Bertz CT molecular complexity index is 917. The molecule has 0 aliphatic carbocycles. The Hall–Kier alpha value is -2.93. The summed E-state index contributed by atoms with van der Waals surface area (Å²) >= 11 is 0. The van der Waals surface area contributed by atoms with Crippen molar-refractivity contribution in [2.24, 2.45) is 5.73 Å². The van der Waals surface area contributed by atoms with Gasteiger partial charge in [-0.05, 0) is 37.1 Å². The number of benzene rings is 1. The fourth-order valence-electron chi connectivity index (χ4n) is 3.58. The highest BCUT2D eigenvalue weighted by atomic mass is 16.5. The van der Waals surface area contributed by atoms with Crippen LogP contribution in [-0.4, -0.2) is 44.5 Å². The lowest BCUT2D eigenvalue weighted by molar-refractivity contribution is -0.118. The molecule has 0 radical (unpaired) electrons. The molecule has 1 fully saturated rings. The van der Waals surface area contributed by atoms with Gasteiger partial charge in [0.25, 0.3) is 0 Å². The van der Waals surface area contributed by atoms with E-state index in [2.05, 4.69) is 14.9 Å². The van der Waals surface area contributed by atoms with Gasteiger partial charge >= 0.3 is 0 Å². The minimum absolute atomic E-state index is 0.174. The van der Waals surface area contributed by atoms with E-state index in [0.29, 0.717) is 0 Å². The fourth-order valence-corrected chi connectivity index (χ4v) is 3.58. The highest BCUT2D eigenvalue weighted by Gasteiger charge is 2.22. The minimum Gasteiger partial charge on any atom is -0.490 e. The van der Waals surface area contributed by atoms with Crippen LogP contribution in [0.25, 0.3) is 10.9 Å². The Morgan fingerprint density at radius 1 is 1.15 bits per heavy atom. The summed E-state index contributed by atoms with van der Waals surface area (Å²) in [5, 5.41) is 1.01. The Balaban J connectivity index is 1.39. The van der Waals surface area contributed by atoms with E-state index in [9.17, 15) is 4.79 Å². The summed E-state index contributed by atoms with van der Waals surface area (Å²) < 4.78 is 8.15. The summed E-state index contributed by atoms with van der Waals surface area (Å²) in [6.07, 6.45) is 7.55. The molecule has 1 aliphatic rings. The van der Waals surface area contributed by atoms with Crippen molar-refractivity contribution in [3.8, 4) is 5.75 Å². The van der Waals surface area contributed by atoms with E-state index in [1.807, 2.05) is 41.1 Å². The number of fused-ring (bicyclic) bond motifs is 1. The zero-order chi connectivity index (χ0) is 18.6. The predicted octanol–water partition coefficient (Wildman–Crippen LogP) is 1.96. The van der Waals surface area contributed by atoms with Crippen molar-refractivity contribution in [2.45, 2.75) is 32.0 Å². The highest BCUT2D eigenvalue weighted by Crippen LogP contribution is 2.29. The Labute approximate surface area is 157 Å². The van der Waals surface area contributed by atoms with Crippen LogP contribution in [0, 0.1) is 0 Å². The molecule has 3 aromatic rings. The molecule has 1 saturated heterocycles. The number of amides is 1. The van der Waals surface area contributed by atoms with Crippen LogP contribution in [0.5, 0.6) is 5.75 Å². The van der Waals surface area contributed by atoms with Gasteiger partial charge in [-0.25, -0.2) is 9.97 Å². The molecule has 7 heteroatoms. The number of nitrogens with two attached hydrogens (primary N) is 1. The molecule has 0 bridgehead atoms. The Morgan fingerprint density at radius 3 is 2.67 bits per heavy atom. The smallest absolute Gasteiger partial charge is 0.237 e. The number of carbonyl (C=O) groups is 1. The van der Waals surface area contributed by atoms with E-state index in [1.54, 1.807) is 12.4 Å². The van der Waals surface area contributed by atoms with Gasteiger partial charge < -0.3 is 15.0 Å². The summed E-state index contributed by atoms with van der Waals surface area (Å²) in [6, 6.07) is 9.74. The molecule has 1 aromatic carbocycles. The summed E-state index contributed by atoms with van der Waals surface area (Å²) in [5.41, 5.74) is 6.29. The van der Waals surface area contributed by atoms with Gasteiger partial charge in [-0.2, -0.15) is 0 Å². The van der Waals surface area contributed by atoms with Crippen LogP contribution >= 0.6 is 0 Å². The van der Waals surface area contributed by atoms with Crippen LogP contribution in [0.3, 0.4) is 0 Å². The van der Waals surface area contributed by atoms with Crippen molar-refractivity contribution in [3.05, 3.63) is 54.7 Å². The minimum atomic E-state index is -0.353. The number of carbonyl (C=O) groups excluding carboxylic acids is 1. The fraction of sp³-hybridized carbons (Fsp3) is 0.350. The number of hydrogen-bond donors (Lipinski definition) is 1. The molecule has 0 spiro atoms. The number of primary amides is 1. The summed E-state index contributed by atoms with van der Waals surface area (Å²) in [6.45, 7) is 2.87. The first kappa shape index (κ1) is 17.5. The zero-order valence-electron chi connectivity index (χ0n) is 15.1. The monoisotopic (exact) mass is 365 g/mol. The maximum Gasteiger partial charge on any atom is 0.237 e. The van der Waals surface area contributed by atoms with Crippen LogP contribution in [0.2, 0.25) is 0 Å². The first-order valence-corrected chi connectivity index (χ1v) is 9.20. The van der Waals surface area contributed by atoms with E-state index in [1.165, 1.54) is 0 Å². The van der Waals surface area contributed by atoms with Crippen LogP contribution in [0.15, 0.2) is 48.9 Å². The van der Waals surface area contributed by atoms with E-state index >= 15 is 0 Å². The lowest BCUT2D eigenvalue weighted by Gasteiger charge is -2.31. The molecule has 27 heavy (non-hydrogen) atoms. The van der Waals surface area contributed by atoms with Gasteiger partial charge in [-0.1, -0.05) is 6.07 Å². The second-order valence-electron chi connectivity index (χ2n) is 6.86. The lowest BCUT2D eigenvalue weighted by atomic mass is 10.1. The maximum atomic E-state index is 11.2. The van der Waals surface area contributed by atoms with Crippen LogP contribution in [0.4, 0.5) is 0 Å². The average molecular weight is 365 g/mol. The van der Waals surface area contributed by atoms with Gasteiger partial charge in [0.1, 0.15) is 24.2 Å².